The molecule has 0 unspecified atom stereocenters. The lowest BCUT2D eigenvalue weighted by atomic mass is 10.8. The van der Waals surface area contributed by atoms with Crippen LogP contribution in [0.5, 0.6) is 6.01 Å². The predicted molar refractivity (Wildman–Crippen MR) is 59.4 cm³/mol. The van der Waals surface area contributed by atoms with E-state index in [9.17, 15) is 0 Å². The number of nitrogen functional groups attached to an aromatic ring is 1. The van der Waals surface area contributed by atoms with Crippen molar-refractivity contribution < 1.29 is 9.15 Å². The third-order valence-corrected chi connectivity index (χ3v) is 2.33. The standard InChI is InChI=1S/C8H10N6O2S/c1-2-15-6-11-5(14-9)12-7(13-6)17-8-10-3-4-16-8/h3-4H,2,9H2,1H3,(H,11,12,13,14). The van der Waals surface area contributed by atoms with Crippen LogP contribution in [-0.4, -0.2) is 26.5 Å². The zero-order valence-corrected chi connectivity index (χ0v) is 9.77. The van der Waals surface area contributed by atoms with Crippen molar-refractivity contribution in [1.82, 2.24) is 19.9 Å². The summed E-state index contributed by atoms with van der Waals surface area (Å²) >= 11 is 1.15. The van der Waals surface area contributed by atoms with Gasteiger partial charge in [-0.25, -0.2) is 10.8 Å². The Kier molecular flexibility index (Phi) is 3.73. The molecule has 3 N–H and O–H groups in total. The lowest BCUT2D eigenvalue weighted by Crippen LogP contribution is -2.12. The highest BCUT2D eigenvalue weighted by molar-refractivity contribution is 7.98. The van der Waals surface area contributed by atoms with E-state index in [-0.39, 0.29) is 12.0 Å². The lowest BCUT2D eigenvalue weighted by molar-refractivity contribution is 0.308. The number of rotatable bonds is 5. The Bertz CT molecular complexity index is 477. The van der Waals surface area contributed by atoms with E-state index in [2.05, 4.69) is 25.4 Å². The maximum Gasteiger partial charge on any atom is 0.322 e. The van der Waals surface area contributed by atoms with Gasteiger partial charge in [-0.05, 0) is 6.92 Å². The van der Waals surface area contributed by atoms with Crippen molar-refractivity contribution in [2.75, 3.05) is 12.0 Å². The zero-order valence-electron chi connectivity index (χ0n) is 8.95. The summed E-state index contributed by atoms with van der Waals surface area (Å²) in [7, 11) is 0. The Morgan fingerprint density at radius 2 is 2.35 bits per heavy atom. The Morgan fingerprint density at radius 1 is 1.47 bits per heavy atom. The number of nitrogens with zero attached hydrogens (tertiary/aromatic N) is 4. The van der Waals surface area contributed by atoms with Gasteiger partial charge in [-0.1, -0.05) is 0 Å². The highest BCUT2D eigenvalue weighted by Crippen LogP contribution is 2.24. The van der Waals surface area contributed by atoms with Crippen LogP contribution in [0.3, 0.4) is 0 Å². The average molecular weight is 254 g/mol. The third-order valence-electron chi connectivity index (χ3n) is 1.59. The molecular formula is C8H10N6O2S. The number of hydrogen-bond acceptors (Lipinski definition) is 9. The van der Waals surface area contributed by atoms with Gasteiger partial charge in [0.1, 0.15) is 6.26 Å². The Labute approximate surface area is 101 Å². The number of anilines is 1. The molecule has 9 heteroatoms. The second-order valence-corrected chi connectivity index (χ2v) is 3.62. The number of hydrogen-bond donors (Lipinski definition) is 2. The second kappa shape index (κ2) is 5.46. The van der Waals surface area contributed by atoms with Crippen molar-refractivity contribution in [3.63, 3.8) is 0 Å². The first-order valence-electron chi connectivity index (χ1n) is 4.74. The van der Waals surface area contributed by atoms with Gasteiger partial charge in [0.05, 0.1) is 12.8 Å². The van der Waals surface area contributed by atoms with Crippen molar-refractivity contribution >= 4 is 17.7 Å². The molecule has 2 rings (SSSR count). The van der Waals surface area contributed by atoms with Crippen LogP contribution in [0, 0.1) is 0 Å². The Hall–Kier alpha value is -1.87. The molecule has 0 saturated carbocycles. The van der Waals surface area contributed by atoms with Crippen molar-refractivity contribution in [2.45, 2.75) is 17.3 Å². The first-order chi connectivity index (χ1) is 8.31. The fourth-order valence-corrected chi connectivity index (χ4v) is 1.61. The summed E-state index contributed by atoms with van der Waals surface area (Å²) in [6, 6.07) is 0.199. The topological polar surface area (TPSA) is 112 Å². The van der Waals surface area contributed by atoms with Gasteiger partial charge in [0.15, 0.2) is 0 Å². The van der Waals surface area contributed by atoms with Gasteiger partial charge in [0.25, 0.3) is 5.22 Å². The van der Waals surface area contributed by atoms with E-state index < -0.39 is 0 Å². The number of nitrogens with one attached hydrogen (secondary N) is 1. The van der Waals surface area contributed by atoms with Crippen LogP contribution in [0.15, 0.2) is 27.3 Å². The third kappa shape index (κ3) is 3.04. The van der Waals surface area contributed by atoms with Crippen molar-refractivity contribution in [2.24, 2.45) is 5.84 Å². The van der Waals surface area contributed by atoms with Gasteiger partial charge in [-0.3, -0.25) is 5.43 Å². The summed E-state index contributed by atoms with van der Waals surface area (Å²) in [5, 5.41) is 0.820. The van der Waals surface area contributed by atoms with Crippen LogP contribution < -0.4 is 16.0 Å². The van der Waals surface area contributed by atoms with E-state index in [1.165, 1.54) is 12.5 Å². The molecule has 0 aliphatic heterocycles. The number of aromatic nitrogens is 4. The molecule has 0 aliphatic carbocycles. The van der Waals surface area contributed by atoms with E-state index in [4.69, 9.17) is 15.0 Å². The quantitative estimate of drug-likeness (QED) is 0.587. The predicted octanol–water partition coefficient (Wildman–Crippen LogP) is 0.695. The highest BCUT2D eigenvalue weighted by Gasteiger charge is 2.10. The van der Waals surface area contributed by atoms with Crippen LogP contribution in [-0.2, 0) is 0 Å². The smallest absolute Gasteiger partial charge is 0.322 e. The fourth-order valence-electron chi connectivity index (χ4n) is 0.981. The molecule has 2 aromatic rings. The maximum atomic E-state index is 5.25. The van der Waals surface area contributed by atoms with Gasteiger partial charge in [0, 0.05) is 11.8 Å². The minimum absolute atomic E-state index is 0.199. The van der Waals surface area contributed by atoms with Gasteiger partial charge < -0.3 is 9.15 Å². The minimum Gasteiger partial charge on any atom is -0.464 e. The van der Waals surface area contributed by atoms with Crippen LogP contribution in [0.25, 0.3) is 0 Å². The van der Waals surface area contributed by atoms with Crippen LogP contribution in [0.1, 0.15) is 6.92 Å². The first kappa shape index (κ1) is 11.6. The molecular weight excluding hydrogens is 244 g/mol. The average Bonchev–Trinajstić information content (AvgIpc) is 2.82. The van der Waals surface area contributed by atoms with Crippen LogP contribution in [0.2, 0.25) is 0 Å². The first-order valence-corrected chi connectivity index (χ1v) is 5.56. The van der Waals surface area contributed by atoms with Gasteiger partial charge in [0.2, 0.25) is 11.1 Å². The van der Waals surface area contributed by atoms with E-state index in [1.807, 2.05) is 6.92 Å². The molecule has 2 heterocycles. The number of oxazole rings is 1. The van der Waals surface area contributed by atoms with E-state index in [1.54, 1.807) is 0 Å². The summed E-state index contributed by atoms with van der Waals surface area (Å²) in [6.07, 6.45) is 3.00. The largest absolute Gasteiger partial charge is 0.464 e. The molecule has 0 atom stereocenters. The van der Waals surface area contributed by atoms with Gasteiger partial charge >= 0.3 is 6.01 Å². The van der Waals surface area contributed by atoms with E-state index in [0.717, 1.165) is 11.8 Å². The number of ether oxygens (including phenoxy) is 1. The minimum atomic E-state index is 0.199. The summed E-state index contributed by atoms with van der Waals surface area (Å²) in [5.74, 6) is 5.47. The van der Waals surface area contributed by atoms with Crippen molar-refractivity contribution in [3.05, 3.63) is 12.5 Å². The Morgan fingerprint density at radius 3 is 3.00 bits per heavy atom. The Balaban J connectivity index is 2.23. The molecule has 0 saturated heterocycles. The normalized spacial score (nSPS) is 10.2. The van der Waals surface area contributed by atoms with Crippen molar-refractivity contribution in [1.29, 1.82) is 0 Å². The van der Waals surface area contributed by atoms with Crippen LogP contribution >= 0.6 is 11.8 Å². The number of hydrazine groups is 1. The molecule has 0 aliphatic rings. The van der Waals surface area contributed by atoms with E-state index in [0.29, 0.717) is 17.0 Å². The molecule has 8 nitrogen and oxygen atoms in total. The highest BCUT2D eigenvalue weighted by atomic mass is 32.2. The fraction of sp³-hybridized carbons (Fsp3) is 0.250. The molecule has 0 spiro atoms. The van der Waals surface area contributed by atoms with Crippen LogP contribution in [0.4, 0.5) is 5.95 Å². The molecule has 2 aromatic heterocycles. The van der Waals surface area contributed by atoms with Gasteiger partial charge in [-0.2, -0.15) is 15.0 Å². The summed E-state index contributed by atoms with van der Waals surface area (Å²) < 4.78 is 10.3. The monoisotopic (exact) mass is 254 g/mol. The summed E-state index contributed by atoms with van der Waals surface area (Å²) in [4.78, 5) is 16.0. The zero-order chi connectivity index (χ0) is 12.1. The molecule has 0 fully saturated rings. The van der Waals surface area contributed by atoms with Crippen molar-refractivity contribution in [3.8, 4) is 6.01 Å². The molecule has 0 radical (unpaired) electrons. The summed E-state index contributed by atoms with van der Waals surface area (Å²) in [5.41, 5.74) is 2.34. The molecule has 0 amide bonds. The second-order valence-electron chi connectivity index (χ2n) is 2.70. The summed E-state index contributed by atoms with van der Waals surface area (Å²) in [6.45, 7) is 2.29. The molecule has 0 bridgehead atoms. The maximum absolute atomic E-state index is 5.25. The molecule has 0 aromatic carbocycles. The number of nitrogens with two attached hydrogens (primary N) is 1. The lowest BCUT2D eigenvalue weighted by Gasteiger charge is -2.04. The SMILES string of the molecule is CCOc1nc(NN)nc(Sc2ncco2)n1. The molecule has 90 valence electrons. The van der Waals surface area contributed by atoms with Gasteiger partial charge in [-0.15, -0.1) is 0 Å². The van der Waals surface area contributed by atoms with E-state index >= 15 is 0 Å². The molecule has 17 heavy (non-hydrogen) atoms.